The van der Waals surface area contributed by atoms with Crippen molar-refractivity contribution in [2.45, 2.75) is 25.7 Å². The third kappa shape index (κ3) is 6.92. The highest BCUT2D eigenvalue weighted by Crippen LogP contribution is 2.25. The first kappa shape index (κ1) is 22.5. The van der Waals surface area contributed by atoms with E-state index in [-0.39, 0.29) is 0 Å². The molecule has 1 unspecified atom stereocenters. The number of hydrogen-bond acceptors (Lipinski definition) is 4. The van der Waals surface area contributed by atoms with Crippen molar-refractivity contribution in [2.75, 3.05) is 32.8 Å². The maximum absolute atomic E-state index is 6.49. The van der Waals surface area contributed by atoms with E-state index in [9.17, 15) is 0 Å². The molecule has 0 spiro atoms. The molecule has 1 aliphatic rings. The topological polar surface area (TPSA) is 30.9 Å². The lowest BCUT2D eigenvalue weighted by Crippen LogP contribution is -2.47. The van der Waals surface area contributed by atoms with Gasteiger partial charge in [0.1, 0.15) is 12.4 Å². The van der Waals surface area contributed by atoms with Gasteiger partial charge in [0.2, 0.25) is 0 Å². The first-order valence-electron chi connectivity index (χ1n) is 11.3. The van der Waals surface area contributed by atoms with E-state index in [2.05, 4.69) is 66.8 Å². The summed E-state index contributed by atoms with van der Waals surface area (Å²) in [6, 6.07) is 28.8. The van der Waals surface area contributed by atoms with Crippen LogP contribution < -0.4 is 4.74 Å². The molecular weight excluding hydrogens is 398 g/mol. The van der Waals surface area contributed by atoms with E-state index in [0.29, 0.717) is 13.2 Å². The quantitative estimate of drug-likeness (QED) is 0.446. The average molecular weight is 431 g/mol. The Balaban J connectivity index is 1.39. The Hall–Kier alpha value is -2.66. The first-order valence-corrected chi connectivity index (χ1v) is 11.3. The van der Waals surface area contributed by atoms with Crippen molar-refractivity contribution in [3.05, 3.63) is 108 Å². The molecule has 4 nitrogen and oxygen atoms in total. The Labute approximate surface area is 191 Å². The number of rotatable bonds is 10. The fraction of sp³-hybridized carbons (Fsp3) is 0.321. The Morgan fingerprint density at radius 1 is 0.812 bits per heavy atom. The van der Waals surface area contributed by atoms with E-state index >= 15 is 0 Å². The predicted octanol–water partition coefficient (Wildman–Crippen LogP) is 5.13. The molecule has 4 heteroatoms. The molecule has 1 radical (unpaired) electrons. The van der Waals surface area contributed by atoms with Crippen LogP contribution in [0.15, 0.2) is 84.9 Å². The number of benzene rings is 3. The van der Waals surface area contributed by atoms with E-state index in [0.717, 1.165) is 49.7 Å². The summed E-state index contributed by atoms with van der Waals surface area (Å²) in [5, 5.41) is 0. The van der Waals surface area contributed by atoms with Crippen molar-refractivity contribution >= 4 is 0 Å². The normalized spacial score (nSPS) is 16.4. The van der Waals surface area contributed by atoms with Crippen molar-refractivity contribution in [3.63, 3.8) is 0 Å². The van der Waals surface area contributed by atoms with Gasteiger partial charge in [-0.15, -0.1) is 0 Å². The van der Waals surface area contributed by atoms with E-state index in [1.54, 1.807) is 0 Å². The van der Waals surface area contributed by atoms with Gasteiger partial charge >= 0.3 is 0 Å². The van der Waals surface area contributed by atoms with Gasteiger partial charge in [0.15, 0.2) is 0 Å². The van der Waals surface area contributed by atoms with Crippen LogP contribution in [-0.4, -0.2) is 43.3 Å². The Morgan fingerprint density at radius 3 is 2.03 bits per heavy atom. The van der Waals surface area contributed by atoms with Crippen LogP contribution in [0.5, 0.6) is 5.75 Å². The highest BCUT2D eigenvalue weighted by molar-refractivity contribution is 5.34. The molecule has 0 aromatic heterocycles. The largest absolute Gasteiger partial charge is 0.489 e. The fourth-order valence-corrected chi connectivity index (χ4v) is 3.91. The smallest absolute Gasteiger partial charge is 0.119 e. The minimum atomic E-state index is -0.417. The zero-order valence-electron chi connectivity index (χ0n) is 18.8. The zero-order chi connectivity index (χ0) is 22.1. The van der Waals surface area contributed by atoms with Crippen molar-refractivity contribution in [1.82, 2.24) is 4.90 Å². The third-order valence-corrected chi connectivity index (χ3v) is 5.65. The van der Waals surface area contributed by atoms with E-state index < -0.39 is 5.60 Å². The maximum atomic E-state index is 6.49. The Morgan fingerprint density at radius 2 is 1.41 bits per heavy atom. The van der Waals surface area contributed by atoms with Crippen LogP contribution in [-0.2, 0) is 22.7 Å². The number of ether oxygens (including phenoxy) is 3. The zero-order valence-corrected chi connectivity index (χ0v) is 18.8. The van der Waals surface area contributed by atoms with Gasteiger partial charge in [-0.25, -0.2) is 0 Å². The molecule has 1 fully saturated rings. The van der Waals surface area contributed by atoms with Crippen LogP contribution in [0.4, 0.5) is 0 Å². The minimum Gasteiger partial charge on any atom is -0.489 e. The fourth-order valence-electron chi connectivity index (χ4n) is 3.91. The SMILES string of the molecule is CC([CH]c1ccc(OCc2ccccc2)cc1)(CN1CCOCC1)OCc1ccccc1. The van der Waals surface area contributed by atoms with Crippen molar-refractivity contribution in [1.29, 1.82) is 0 Å². The van der Waals surface area contributed by atoms with Crippen LogP contribution in [0.25, 0.3) is 0 Å². The summed E-state index contributed by atoms with van der Waals surface area (Å²) in [7, 11) is 0. The van der Waals surface area contributed by atoms with Gasteiger partial charge in [0, 0.05) is 26.1 Å². The summed E-state index contributed by atoms with van der Waals surface area (Å²) in [5.74, 6) is 0.867. The third-order valence-electron chi connectivity index (χ3n) is 5.65. The van der Waals surface area contributed by atoms with E-state index in [4.69, 9.17) is 14.2 Å². The van der Waals surface area contributed by atoms with Gasteiger partial charge in [0.25, 0.3) is 0 Å². The van der Waals surface area contributed by atoms with Crippen LogP contribution >= 0.6 is 0 Å². The highest BCUT2D eigenvalue weighted by Gasteiger charge is 2.30. The van der Waals surface area contributed by atoms with Gasteiger partial charge in [-0.05, 0) is 35.7 Å². The number of hydrogen-bond donors (Lipinski definition) is 0. The van der Waals surface area contributed by atoms with Crippen molar-refractivity contribution in [3.8, 4) is 5.75 Å². The molecule has 4 rings (SSSR count). The second-order valence-electron chi connectivity index (χ2n) is 8.46. The lowest BCUT2D eigenvalue weighted by Gasteiger charge is -2.37. The summed E-state index contributed by atoms with van der Waals surface area (Å²) in [5.41, 5.74) is 3.05. The molecule has 0 amide bonds. The molecule has 167 valence electrons. The molecule has 32 heavy (non-hydrogen) atoms. The molecule has 0 saturated carbocycles. The molecule has 3 aromatic rings. The molecule has 0 bridgehead atoms. The second-order valence-corrected chi connectivity index (χ2v) is 8.46. The molecule has 0 aliphatic carbocycles. The Bertz CT molecular complexity index is 924. The summed E-state index contributed by atoms with van der Waals surface area (Å²) in [4.78, 5) is 2.42. The molecule has 1 aliphatic heterocycles. The van der Waals surface area contributed by atoms with Crippen LogP contribution in [0.1, 0.15) is 23.6 Å². The molecular formula is C28H32NO3. The second kappa shape index (κ2) is 11.3. The molecule has 3 aromatic carbocycles. The predicted molar refractivity (Wildman–Crippen MR) is 128 cm³/mol. The van der Waals surface area contributed by atoms with Gasteiger partial charge in [-0.3, -0.25) is 4.90 Å². The average Bonchev–Trinajstić information content (AvgIpc) is 2.84. The number of morpholine rings is 1. The van der Waals surface area contributed by atoms with Crippen LogP contribution in [0, 0.1) is 6.42 Å². The Kier molecular flexibility index (Phi) is 7.94. The lowest BCUT2D eigenvalue weighted by molar-refractivity contribution is -0.0570. The van der Waals surface area contributed by atoms with E-state index in [1.807, 2.05) is 36.4 Å². The molecule has 0 N–H and O–H groups in total. The molecule has 1 atom stereocenters. The van der Waals surface area contributed by atoms with Gasteiger partial charge in [-0.2, -0.15) is 0 Å². The summed E-state index contributed by atoms with van der Waals surface area (Å²) in [6.07, 6.45) is 2.23. The highest BCUT2D eigenvalue weighted by atomic mass is 16.5. The summed E-state index contributed by atoms with van der Waals surface area (Å²) >= 11 is 0. The standard InChI is InChI=1S/C28H32NO3/c1-28(23-29-16-18-30-19-17-29,32-22-26-10-6-3-7-11-26)20-24-12-14-27(15-13-24)31-21-25-8-4-2-5-9-25/h2-15,20H,16-19,21-23H2,1H3. The monoisotopic (exact) mass is 430 g/mol. The first-order chi connectivity index (χ1) is 15.7. The van der Waals surface area contributed by atoms with Gasteiger partial charge in [0.05, 0.1) is 25.4 Å². The molecule has 1 heterocycles. The van der Waals surface area contributed by atoms with Crippen molar-refractivity contribution < 1.29 is 14.2 Å². The minimum absolute atomic E-state index is 0.417. The maximum Gasteiger partial charge on any atom is 0.119 e. The van der Waals surface area contributed by atoms with Crippen LogP contribution in [0.2, 0.25) is 0 Å². The van der Waals surface area contributed by atoms with Gasteiger partial charge < -0.3 is 14.2 Å². The number of nitrogens with zero attached hydrogens (tertiary/aromatic N) is 1. The summed E-state index contributed by atoms with van der Waals surface area (Å²) < 4.78 is 17.9. The van der Waals surface area contributed by atoms with Crippen LogP contribution in [0.3, 0.4) is 0 Å². The lowest BCUT2D eigenvalue weighted by atomic mass is 9.95. The van der Waals surface area contributed by atoms with Crippen molar-refractivity contribution in [2.24, 2.45) is 0 Å². The van der Waals surface area contributed by atoms with Gasteiger partial charge in [-0.1, -0.05) is 72.8 Å². The summed E-state index contributed by atoms with van der Waals surface area (Å²) in [6.45, 7) is 7.58. The molecule has 1 saturated heterocycles. The van der Waals surface area contributed by atoms with E-state index in [1.165, 1.54) is 5.56 Å².